The highest BCUT2D eigenvalue weighted by molar-refractivity contribution is 4.90. The van der Waals surface area contributed by atoms with Gasteiger partial charge in [0.05, 0.1) is 11.7 Å². The smallest absolute Gasteiger partial charge is 0.0671 e. The van der Waals surface area contributed by atoms with Crippen molar-refractivity contribution >= 4 is 0 Å². The van der Waals surface area contributed by atoms with Crippen LogP contribution in [-0.4, -0.2) is 18.2 Å². The minimum atomic E-state index is 0.106. The number of hydrogen-bond donors (Lipinski definition) is 1. The molecule has 13 heavy (non-hydrogen) atoms. The van der Waals surface area contributed by atoms with Crippen LogP contribution >= 0.6 is 0 Å². The molecule has 2 aliphatic rings. The third kappa shape index (κ3) is 1.89. The first-order chi connectivity index (χ1) is 6.23. The molecule has 76 valence electrons. The fraction of sp³-hybridized carbons (Fsp3) is 1.00. The predicted octanol–water partition coefficient (Wildman–Crippen LogP) is 2.07. The van der Waals surface area contributed by atoms with Crippen LogP contribution in [0.15, 0.2) is 0 Å². The van der Waals surface area contributed by atoms with Gasteiger partial charge in [0, 0.05) is 0 Å². The van der Waals surface area contributed by atoms with Gasteiger partial charge in [-0.25, -0.2) is 0 Å². The molecule has 2 unspecified atom stereocenters. The zero-order chi connectivity index (χ0) is 9.31. The molecule has 2 fully saturated rings. The highest BCUT2D eigenvalue weighted by Gasteiger charge is 2.40. The van der Waals surface area contributed by atoms with Crippen LogP contribution in [0.1, 0.15) is 45.4 Å². The Morgan fingerprint density at radius 3 is 2.69 bits per heavy atom. The lowest BCUT2D eigenvalue weighted by atomic mass is 9.80. The zero-order valence-corrected chi connectivity index (χ0v) is 8.59. The summed E-state index contributed by atoms with van der Waals surface area (Å²) in [6.07, 6.45) is 8.26. The third-order valence-electron chi connectivity index (χ3n) is 3.74. The van der Waals surface area contributed by atoms with Crippen LogP contribution < -0.4 is 5.73 Å². The monoisotopic (exact) mass is 183 g/mol. The van der Waals surface area contributed by atoms with Crippen molar-refractivity contribution in [2.75, 3.05) is 6.54 Å². The van der Waals surface area contributed by atoms with Gasteiger partial charge >= 0.3 is 0 Å². The van der Waals surface area contributed by atoms with E-state index in [2.05, 4.69) is 6.92 Å². The molecule has 1 saturated heterocycles. The van der Waals surface area contributed by atoms with E-state index in [1.807, 2.05) is 0 Å². The van der Waals surface area contributed by atoms with E-state index in [-0.39, 0.29) is 5.60 Å². The maximum Gasteiger partial charge on any atom is 0.0671 e. The summed E-state index contributed by atoms with van der Waals surface area (Å²) in [7, 11) is 0. The van der Waals surface area contributed by atoms with Gasteiger partial charge in [-0.15, -0.1) is 0 Å². The van der Waals surface area contributed by atoms with E-state index in [1.54, 1.807) is 0 Å². The van der Waals surface area contributed by atoms with Crippen molar-refractivity contribution in [2.24, 2.45) is 11.7 Å². The van der Waals surface area contributed by atoms with Crippen molar-refractivity contribution in [1.29, 1.82) is 0 Å². The Kier molecular flexibility index (Phi) is 2.61. The molecule has 1 aliphatic heterocycles. The van der Waals surface area contributed by atoms with Gasteiger partial charge < -0.3 is 10.5 Å². The Morgan fingerprint density at radius 2 is 2.15 bits per heavy atom. The maximum atomic E-state index is 6.11. The van der Waals surface area contributed by atoms with Gasteiger partial charge in [-0.3, -0.25) is 0 Å². The molecule has 1 heterocycles. The summed E-state index contributed by atoms with van der Waals surface area (Å²) in [5.41, 5.74) is 5.69. The van der Waals surface area contributed by atoms with Gasteiger partial charge in [0.1, 0.15) is 0 Å². The molecule has 0 radical (unpaired) electrons. The van der Waals surface area contributed by atoms with Gasteiger partial charge in [0.2, 0.25) is 0 Å². The third-order valence-corrected chi connectivity index (χ3v) is 3.74. The number of ether oxygens (including phenoxy) is 1. The molecule has 0 aromatic carbocycles. The molecule has 2 nitrogen and oxygen atoms in total. The van der Waals surface area contributed by atoms with Crippen LogP contribution in [0.4, 0.5) is 0 Å². The van der Waals surface area contributed by atoms with Gasteiger partial charge in [-0.1, -0.05) is 6.42 Å². The largest absolute Gasteiger partial charge is 0.372 e. The van der Waals surface area contributed by atoms with Gasteiger partial charge in [0.25, 0.3) is 0 Å². The summed E-state index contributed by atoms with van der Waals surface area (Å²) in [6.45, 7) is 2.98. The highest BCUT2D eigenvalue weighted by Crippen LogP contribution is 2.42. The van der Waals surface area contributed by atoms with Crippen LogP contribution in [0, 0.1) is 5.92 Å². The number of hydrogen-bond acceptors (Lipinski definition) is 2. The second-order valence-electron chi connectivity index (χ2n) is 4.87. The van der Waals surface area contributed by atoms with Crippen molar-refractivity contribution in [3.05, 3.63) is 0 Å². The SMILES string of the molecule is CC1(CCN)CCC(C2CCC2)O1. The topological polar surface area (TPSA) is 35.2 Å². The molecular weight excluding hydrogens is 162 g/mol. The summed E-state index contributed by atoms with van der Waals surface area (Å²) < 4.78 is 6.11. The van der Waals surface area contributed by atoms with Gasteiger partial charge in [-0.2, -0.15) is 0 Å². The molecule has 0 spiro atoms. The molecule has 0 aromatic rings. The van der Waals surface area contributed by atoms with Crippen molar-refractivity contribution in [1.82, 2.24) is 0 Å². The Balaban J connectivity index is 1.85. The minimum absolute atomic E-state index is 0.106. The second-order valence-corrected chi connectivity index (χ2v) is 4.87. The van der Waals surface area contributed by atoms with Gasteiger partial charge in [-0.05, 0) is 51.5 Å². The molecule has 0 bridgehead atoms. The van der Waals surface area contributed by atoms with Crippen LogP contribution in [-0.2, 0) is 4.74 Å². The standard InChI is InChI=1S/C11H21NO/c1-11(7-8-12)6-5-10(13-11)9-3-2-4-9/h9-10H,2-8,12H2,1H3. The molecule has 2 atom stereocenters. The Hall–Kier alpha value is -0.0800. The Morgan fingerprint density at radius 1 is 1.38 bits per heavy atom. The zero-order valence-electron chi connectivity index (χ0n) is 8.59. The van der Waals surface area contributed by atoms with E-state index in [4.69, 9.17) is 10.5 Å². The average Bonchev–Trinajstić information content (AvgIpc) is 2.29. The summed E-state index contributed by atoms with van der Waals surface area (Å²) in [5, 5.41) is 0. The molecular formula is C11H21NO. The molecule has 0 amide bonds. The fourth-order valence-corrected chi connectivity index (χ4v) is 2.56. The van der Waals surface area contributed by atoms with Crippen LogP contribution in [0.5, 0.6) is 0 Å². The highest BCUT2D eigenvalue weighted by atomic mass is 16.5. The molecule has 2 N–H and O–H groups in total. The van der Waals surface area contributed by atoms with E-state index < -0.39 is 0 Å². The van der Waals surface area contributed by atoms with Gasteiger partial charge in [0.15, 0.2) is 0 Å². The lowest BCUT2D eigenvalue weighted by molar-refractivity contribution is -0.0687. The number of nitrogens with two attached hydrogens (primary N) is 1. The van der Waals surface area contributed by atoms with Crippen molar-refractivity contribution in [3.8, 4) is 0 Å². The average molecular weight is 183 g/mol. The number of rotatable bonds is 3. The normalized spacial score (nSPS) is 40.6. The van der Waals surface area contributed by atoms with E-state index >= 15 is 0 Å². The summed E-state index contributed by atoms with van der Waals surface area (Å²) in [4.78, 5) is 0. The van der Waals surface area contributed by atoms with Crippen molar-refractivity contribution < 1.29 is 4.74 Å². The predicted molar refractivity (Wildman–Crippen MR) is 53.5 cm³/mol. The second kappa shape index (κ2) is 3.58. The first-order valence-electron chi connectivity index (χ1n) is 5.61. The van der Waals surface area contributed by atoms with Crippen LogP contribution in [0.2, 0.25) is 0 Å². The summed E-state index contributed by atoms with van der Waals surface area (Å²) in [5.74, 6) is 0.875. The lowest BCUT2D eigenvalue weighted by Gasteiger charge is -2.33. The van der Waals surface area contributed by atoms with E-state index in [1.165, 1.54) is 32.1 Å². The molecule has 0 aromatic heterocycles. The summed E-state index contributed by atoms with van der Waals surface area (Å²) >= 11 is 0. The van der Waals surface area contributed by atoms with E-state index in [0.717, 1.165) is 18.9 Å². The maximum absolute atomic E-state index is 6.11. The van der Waals surface area contributed by atoms with E-state index in [9.17, 15) is 0 Å². The van der Waals surface area contributed by atoms with Crippen molar-refractivity contribution in [2.45, 2.75) is 57.2 Å². The minimum Gasteiger partial charge on any atom is -0.372 e. The first-order valence-corrected chi connectivity index (χ1v) is 5.61. The molecule has 1 aliphatic carbocycles. The molecule has 2 heteroatoms. The Bertz CT molecular complexity index is 179. The lowest BCUT2D eigenvalue weighted by Crippen LogP contribution is -2.32. The molecule has 1 saturated carbocycles. The van der Waals surface area contributed by atoms with Crippen LogP contribution in [0.3, 0.4) is 0 Å². The van der Waals surface area contributed by atoms with Crippen molar-refractivity contribution in [3.63, 3.8) is 0 Å². The molecule has 2 rings (SSSR count). The van der Waals surface area contributed by atoms with Crippen LogP contribution in [0.25, 0.3) is 0 Å². The fourth-order valence-electron chi connectivity index (χ4n) is 2.56. The Labute approximate surface area is 80.8 Å². The summed E-state index contributed by atoms with van der Waals surface area (Å²) in [6, 6.07) is 0. The first kappa shape index (κ1) is 9.47. The quantitative estimate of drug-likeness (QED) is 0.727. The van der Waals surface area contributed by atoms with E-state index in [0.29, 0.717) is 6.10 Å².